The Morgan fingerprint density at radius 3 is 3.00 bits per heavy atom. The number of hydrogen-bond acceptors (Lipinski definition) is 2. The first kappa shape index (κ1) is 8.92. The number of hydrogen-bond donors (Lipinski definition) is 1. The molecule has 0 spiro atoms. The highest BCUT2D eigenvalue weighted by Crippen LogP contribution is 2.28. The number of aromatic nitrogens is 2. The van der Waals surface area contributed by atoms with Crippen LogP contribution < -0.4 is 0 Å². The van der Waals surface area contributed by atoms with E-state index >= 15 is 0 Å². The minimum atomic E-state index is 0.364. The molecule has 1 N–H and O–H groups in total. The third kappa shape index (κ3) is 1.53. The maximum absolute atomic E-state index is 5.56. The lowest BCUT2D eigenvalue weighted by molar-refractivity contribution is 0.123. The van der Waals surface area contributed by atoms with E-state index in [1.54, 1.807) is 0 Å². The topological polar surface area (TPSA) is 37.9 Å². The summed E-state index contributed by atoms with van der Waals surface area (Å²) < 4.78 is 5.56. The zero-order chi connectivity index (χ0) is 10.3. The number of rotatable bonds is 1. The normalized spacial score (nSPS) is 26.2. The van der Waals surface area contributed by atoms with Crippen molar-refractivity contribution in [1.82, 2.24) is 9.97 Å². The Kier molecular flexibility index (Phi) is 1.99. The molecule has 1 fully saturated rings. The van der Waals surface area contributed by atoms with E-state index in [0.29, 0.717) is 12.0 Å². The van der Waals surface area contributed by atoms with Crippen LogP contribution in [-0.4, -0.2) is 22.7 Å². The first-order chi connectivity index (χ1) is 7.33. The zero-order valence-electron chi connectivity index (χ0n) is 8.73. The van der Waals surface area contributed by atoms with Crippen LogP contribution in [0, 0.1) is 0 Å². The third-order valence-corrected chi connectivity index (χ3v) is 2.99. The highest BCUT2D eigenvalue weighted by Gasteiger charge is 2.25. The Bertz CT molecular complexity index is 444. The van der Waals surface area contributed by atoms with Crippen LogP contribution in [0.15, 0.2) is 24.3 Å². The molecule has 15 heavy (non-hydrogen) atoms. The van der Waals surface area contributed by atoms with Crippen molar-refractivity contribution in [3.63, 3.8) is 0 Å². The summed E-state index contributed by atoms with van der Waals surface area (Å²) in [6, 6.07) is 8.14. The van der Waals surface area contributed by atoms with Gasteiger partial charge >= 0.3 is 0 Å². The van der Waals surface area contributed by atoms with Crippen LogP contribution in [0.3, 0.4) is 0 Å². The molecule has 0 amide bonds. The number of fused-ring (bicyclic) bond motifs is 1. The second-order valence-corrected chi connectivity index (χ2v) is 4.22. The lowest BCUT2D eigenvalue weighted by Crippen LogP contribution is -1.99. The number of imidazole rings is 1. The molecule has 3 nitrogen and oxygen atoms in total. The Hall–Kier alpha value is -1.35. The highest BCUT2D eigenvalue weighted by molar-refractivity contribution is 5.74. The van der Waals surface area contributed by atoms with Crippen LogP contribution in [0.2, 0.25) is 0 Å². The molecule has 3 heteroatoms. The molecule has 2 unspecified atom stereocenters. The van der Waals surface area contributed by atoms with E-state index < -0.39 is 0 Å². The molecular weight excluding hydrogens is 188 g/mol. The maximum atomic E-state index is 5.56. The first-order valence-corrected chi connectivity index (χ1v) is 5.39. The number of para-hydroxylation sites is 2. The Morgan fingerprint density at radius 1 is 1.40 bits per heavy atom. The van der Waals surface area contributed by atoms with Gasteiger partial charge in [-0.25, -0.2) is 4.98 Å². The molecule has 1 aliphatic rings. The van der Waals surface area contributed by atoms with E-state index in [1.807, 2.05) is 18.2 Å². The van der Waals surface area contributed by atoms with E-state index in [2.05, 4.69) is 23.0 Å². The number of benzene rings is 1. The summed E-state index contributed by atoms with van der Waals surface area (Å²) in [5.74, 6) is 1.51. The van der Waals surface area contributed by atoms with Crippen molar-refractivity contribution in [3.05, 3.63) is 30.1 Å². The summed E-state index contributed by atoms with van der Waals surface area (Å²) in [4.78, 5) is 7.96. The van der Waals surface area contributed by atoms with Crippen molar-refractivity contribution in [2.75, 3.05) is 6.61 Å². The first-order valence-electron chi connectivity index (χ1n) is 5.39. The molecular formula is C12H14N2O. The average Bonchev–Trinajstić information content (AvgIpc) is 2.82. The van der Waals surface area contributed by atoms with Gasteiger partial charge in [0, 0.05) is 5.92 Å². The van der Waals surface area contributed by atoms with Gasteiger partial charge in [-0.2, -0.15) is 0 Å². The molecule has 0 saturated carbocycles. The molecule has 0 aliphatic carbocycles. The second kappa shape index (κ2) is 3.35. The molecule has 0 radical (unpaired) electrons. The molecule has 2 heterocycles. The SMILES string of the molecule is CC1CC(c2nc3ccccc3[nH]2)CO1. The van der Waals surface area contributed by atoms with Gasteiger partial charge in [0.05, 0.1) is 23.7 Å². The van der Waals surface area contributed by atoms with Gasteiger partial charge in [-0.15, -0.1) is 0 Å². The van der Waals surface area contributed by atoms with E-state index in [0.717, 1.165) is 29.9 Å². The van der Waals surface area contributed by atoms with Gasteiger partial charge < -0.3 is 9.72 Å². The van der Waals surface area contributed by atoms with Crippen LogP contribution in [0.25, 0.3) is 11.0 Å². The van der Waals surface area contributed by atoms with Crippen LogP contribution in [-0.2, 0) is 4.74 Å². The standard InChI is InChI=1S/C12H14N2O/c1-8-6-9(7-15-8)12-13-10-4-2-3-5-11(10)14-12/h2-5,8-9H,6-7H2,1H3,(H,13,14). The fraction of sp³-hybridized carbons (Fsp3) is 0.417. The molecule has 1 aliphatic heterocycles. The van der Waals surface area contributed by atoms with Crippen LogP contribution in [0.5, 0.6) is 0 Å². The highest BCUT2D eigenvalue weighted by atomic mass is 16.5. The summed E-state index contributed by atoms with van der Waals surface area (Å²) >= 11 is 0. The van der Waals surface area contributed by atoms with Crippen molar-refractivity contribution in [2.24, 2.45) is 0 Å². The molecule has 0 bridgehead atoms. The molecule has 3 rings (SSSR count). The Balaban J connectivity index is 1.98. The van der Waals surface area contributed by atoms with Crippen molar-refractivity contribution < 1.29 is 4.74 Å². The molecule has 2 atom stereocenters. The number of nitrogens with one attached hydrogen (secondary N) is 1. The fourth-order valence-electron chi connectivity index (χ4n) is 2.17. The fourth-order valence-corrected chi connectivity index (χ4v) is 2.17. The van der Waals surface area contributed by atoms with Crippen molar-refractivity contribution in [3.8, 4) is 0 Å². The molecule has 1 aromatic heterocycles. The van der Waals surface area contributed by atoms with Gasteiger partial charge in [0.1, 0.15) is 5.82 Å². The lowest BCUT2D eigenvalue weighted by Gasteiger charge is -2.01. The average molecular weight is 202 g/mol. The van der Waals surface area contributed by atoms with Gasteiger partial charge in [-0.05, 0) is 25.5 Å². The van der Waals surface area contributed by atoms with Crippen LogP contribution in [0.1, 0.15) is 25.1 Å². The lowest BCUT2D eigenvalue weighted by atomic mass is 10.1. The summed E-state index contributed by atoms with van der Waals surface area (Å²) in [6.07, 6.45) is 1.43. The van der Waals surface area contributed by atoms with Gasteiger partial charge in [-0.1, -0.05) is 12.1 Å². The van der Waals surface area contributed by atoms with Gasteiger partial charge in [0.15, 0.2) is 0 Å². The molecule has 1 aromatic carbocycles. The van der Waals surface area contributed by atoms with Gasteiger partial charge in [0.2, 0.25) is 0 Å². The van der Waals surface area contributed by atoms with E-state index in [4.69, 9.17) is 4.74 Å². The predicted molar refractivity (Wildman–Crippen MR) is 58.9 cm³/mol. The molecule has 2 aromatic rings. The van der Waals surface area contributed by atoms with Gasteiger partial charge in [0.25, 0.3) is 0 Å². The van der Waals surface area contributed by atoms with Crippen LogP contribution >= 0.6 is 0 Å². The summed E-state index contributed by atoms with van der Waals surface area (Å²) in [5, 5.41) is 0. The van der Waals surface area contributed by atoms with Crippen molar-refractivity contribution in [2.45, 2.75) is 25.4 Å². The summed E-state index contributed by atoms with van der Waals surface area (Å²) in [6.45, 7) is 2.91. The van der Waals surface area contributed by atoms with E-state index in [9.17, 15) is 0 Å². The predicted octanol–water partition coefficient (Wildman–Crippen LogP) is 2.46. The monoisotopic (exact) mass is 202 g/mol. The minimum Gasteiger partial charge on any atom is -0.378 e. The molecule has 78 valence electrons. The van der Waals surface area contributed by atoms with E-state index in [-0.39, 0.29) is 0 Å². The summed E-state index contributed by atoms with van der Waals surface area (Å²) in [5.41, 5.74) is 2.17. The number of nitrogens with zero attached hydrogens (tertiary/aromatic N) is 1. The maximum Gasteiger partial charge on any atom is 0.112 e. The largest absolute Gasteiger partial charge is 0.378 e. The Labute approximate surface area is 88.5 Å². The zero-order valence-corrected chi connectivity index (χ0v) is 8.73. The summed E-state index contributed by atoms with van der Waals surface area (Å²) in [7, 11) is 0. The number of H-pyrrole nitrogens is 1. The van der Waals surface area contributed by atoms with E-state index in [1.165, 1.54) is 0 Å². The number of ether oxygens (including phenoxy) is 1. The number of aromatic amines is 1. The smallest absolute Gasteiger partial charge is 0.112 e. The van der Waals surface area contributed by atoms with Gasteiger partial charge in [-0.3, -0.25) is 0 Å². The van der Waals surface area contributed by atoms with Crippen molar-refractivity contribution >= 4 is 11.0 Å². The van der Waals surface area contributed by atoms with Crippen molar-refractivity contribution in [1.29, 1.82) is 0 Å². The second-order valence-electron chi connectivity index (χ2n) is 4.22. The third-order valence-electron chi connectivity index (χ3n) is 2.99. The quantitative estimate of drug-likeness (QED) is 0.771. The Morgan fingerprint density at radius 2 is 2.27 bits per heavy atom. The van der Waals surface area contributed by atoms with Crippen LogP contribution in [0.4, 0.5) is 0 Å². The minimum absolute atomic E-state index is 0.364. The molecule has 1 saturated heterocycles.